The first kappa shape index (κ1) is 13.2. The average molecular weight is 302 g/mol. The van der Waals surface area contributed by atoms with Gasteiger partial charge in [-0.2, -0.15) is 11.8 Å². The third-order valence-electron chi connectivity index (χ3n) is 4.14. The molecule has 5 nitrogen and oxygen atoms in total. The lowest BCUT2D eigenvalue weighted by Gasteiger charge is -2.26. The molecular formula is C15H18N4OS. The van der Waals surface area contributed by atoms with Crippen molar-refractivity contribution in [3.63, 3.8) is 0 Å². The topological polar surface area (TPSA) is 66.7 Å². The number of hydrogen-bond acceptors (Lipinski definition) is 4. The highest BCUT2D eigenvalue weighted by atomic mass is 32.2. The van der Waals surface area contributed by atoms with Crippen molar-refractivity contribution in [2.45, 2.75) is 31.9 Å². The van der Waals surface area contributed by atoms with Crippen LogP contribution in [0.4, 0.5) is 0 Å². The van der Waals surface area contributed by atoms with E-state index >= 15 is 0 Å². The number of aromatic amines is 1. The number of pyridine rings is 1. The van der Waals surface area contributed by atoms with Crippen LogP contribution in [0.25, 0.3) is 22.1 Å². The lowest BCUT2D eigenvalue weighted by molar-refractivity contribution is 0.181. The summed E-state index contributed by atoms with van der Waals surface area (Å²) in [5.41, 5.74) is 2.85. The van der Waals surface area contributed by atoms with Gasteiger partial charge in [-0.1, -0.05) is 0 Å². The van der Waals surface area contributed by atoms with E-state index in [4.69, 9.17) is 0 Å². The van der Waals surface area contributed by atoms with Crippen LogP contribution >= 0.6 is 11.8 Å². The second-order valence-corrected chi connectivity index (χ2v) is 6.77. The smallest absolute Gasteiger partial charge is 0.139 e. The van der Waals surface area contributed by atoms with Gasteiger partial charge in [0.05, 0.1) is 11.7 Å². The summed E-state index contributed by atoms with van der Waals surface area (Å²) in [7, 11) is 0. The van der Waals surface area contributed by atoms with E-state index in [0.717, 1.165) is 40.1 Å². The monoisotopic (exact) mass is 302 g/mol. The average Bonchev–Trinajstić information content (AvgIpc) is 3.11. The molecule has 1 saturated heterocycles. The van der Waals surface area contributed by atoms with Crippen LogP contribution in [-0.2, 0) is 0 Å². The lowest BCUT2D eigenvalue weighted by Crippen LogP contribution is -2.19. The quantitative estimate of drug-likeness (QED) is 0.763. The van der Waals surface area contributed by atoms with E-state index < -0.39 is 6.10 Å². The minimum Gasteiger partial charge on any atom is -0.385 e. The SMILES string of the molecule is CC(O)c1nc2cnc3[nH]ccc3c2n1C1CCCSC1. The number of imidazole rings is 1. The van der Waals surface area contributed by atoms with Crippen molar-refractivity contribution in [3.05, 3.63) is 24.3 Å². The Bertz CT molecular complexity index is 786. The molecule has 0 aromatic carbocycles. The van der Waals surface area contributed by atoms with Gasteiger partial charge >= 0.3 is 0 Å². The van der Waals surface area contributed by atoms with Crippen molar-refractivity contribution in [2.75, 3.05) is 11.5 Å². The molecule has 2 unspecified atom stereocenters. The van der Waals surface area contributed by atoms with Gasteiger partial charge in [-0.15, -0.1) is 0 Å². The van der Waals surface area contributed by atoms with Crippen LogP contribution < -0.4 is 0 Å². The molecule has 4 rings (SSSR count). The fraction of sp³-hybridized carbons (Fsp3) is 0.467. The molecule has 4 heterocycles. The van der Waals surface area contributed by atoms with E-state index in [9.17, 15) is 5.11 Å². The molecule has 0 aliphatic carbocycles. The molecule has 0 bridgehead atoms. The van der Waals surface area contributed by atoms with Gasteiger partial charge in [-0.3, -0.25) is 0 Å². The lowest BCUT2D eigenvalue weighted by atomic mass is 10.1. The Morgan fingerprint density at radius 3 is 3.19 bits per heavy atom. The standard InChI is InChI=1S/C15H18N4OS/c1-9(20)15-18-12-7-17-14-11(4-5-16-14)13(12)19(15)10-3-2-6-21-8-10/h4-5,7,9-10,20H,2-3,6,8H2,1H3,(H,16,17). The molecule has 0 saturated carbocycles. The van der Waals surface area contributed by atoms with Crippen LogP contribution in [0, 0.1) is 0 Å². The molecule has 1 fully saturated rings. The van der Waals surface area contributed by atoms with Gasteiger partial charge in [0.25, 0.3) is 0 Å². The summed E-state index contributed by atoms with van der Waals surface area (Å²) >= 11 is 1.98. The Morgan fingerprint density at radius 1 is 1.52 bits per heavy atom. The first-order valence-corrected chi connectivity index (χ1v) is 8.51. The van der Waals surface area contributed by atoms with E-state index in [1.807, 2.05) is 24.0 Å². The number of rotatable bonds is 2. The molecule has 2 atom stereocenters. The Morgan fingerprint density at radius 2 is 2.43 bits per heavy atom. The van der Waals surface area contributed by atoms with Gasteiger partial charge in [0.1, 0.15) is 23.1 Å². The van der Waals surface area contributed by atoms with Gasteiger partial charge in [-0.25, -0.2) is 9.97 Å². The summed E-state index contributed by atoms with van der Waals surface area (Å²) in [6.07, 6.45) is 5.50. The summed E-state index contributed by atoms with van der Waals surface area (Å²) < 4.78 is 2.25. The molecule has 110 valence electrons. The third-order valence-corrected chi connectivity index (χ3v) is 5.33. The zero-order valence-electron chi connectivity index (χ0n) is 11.9. The number of aliphatic hydroxyl groups excluding tert-OH is 1. The maximum absolute atomic E-state index is 10.1. The Labute approximate surface area is 126 Å². The van der Waals surface area contributed by atoms with Gasteiger partial charge in [0.15, 0.2) is 0 Å². The molecule has 0 amide bonds. The maximum atomic E-state index is 10.1. The van der Waals surface area contributed by atoms with Crippen LogP contribution in [0.1, 0.15) is 37.7 Å². The summed E-state index contributed by atoms with van der Waals surface area (Å²) in [5, 5.41) is 11.2. The number of hydrogen-bond donors (Lipinski definition) is 2. The highest BCUT2D eigenvalue weighted by Gasteiger charge is 2.25. The van der Waals surface area contributed by atoms with Crippen molar-refractivity contribution in [1.29, 1.82) is 0 Å². The summed E-state index contributed by atoms with van der Waals surface area (Å²) in [6, 6.07) is 2.45. The minimum absolute atomic E-state index is 0.402. The van der Waals surface area contributed by atoms with Crippen molar-refractivity contribution < 1.29 is 5.11 Å². The van der Waals surface area contributed by atoms with Gasteiger partial charge in [0, 0.05) is 23.4 Å². The van der Waals surface area contributed by atoms with Crippen LogP contribution in [0.3, 0.4) is 0 Å². The van der Waals surface area contributed by atoms with Crippen LogP contribution in [-0.4, -0.2) is 36.1 Å². The fourth-order valence-electron chi connectivity index (χ4n) is 3.20. The number of aromatic nitrogens is 4. The van der Waals surface area contributed by atoms with Crippen molar-refractivity contribution in [2.24, 2.45) is 0 Å². The van der Waals surface area contributed by atoms with E-state index in [1.54, 1.807) is 13.1 Å². The van der Waals surface area contributed by atoms with E-state index in [0.29, 0.717) is 6.04 Å². The number of aliphatic hydroxyl groups is 1. The normalized spacial score (nSPS) is 21.1. The molecule has 6 heteroatoms. The second kappa shape index (κ2) is 5.03. The molecular weight excluding hydrogens is 284 g/mol. The maximum Gasteiger partial charge on any atom is 0.139 e. The van der Waals surface area contributed by atoms with Crippen LogP contribution in [0.5, 0.6) is 0 Å². The summed E-state index contributed by atoms with van der Waals surface area (Å²) in [6.45, 7) is 1.79. The van der Waals surface area contributed by atoms with Crippen molar-refractivity contribution in [3.8, 4) is 0 Å². The van der Waals surface area contributed by atoms with Crippen molar-refractivity contribution in [1.82, 2.24) is 19.5 Å². The van der Waals surface area contributed by atoms with E-state index in [-0.39, 0.29) is 0 Å². The minimum atomic E-state index is -0.571. The highest BCUT2D eigenvalue weighted by molar-refractivity contribution is 7.99. The number of nitrogens with one attached hydrogen (secondary N) is 1. The first-order valence-electron chi connectivity index (χ1n) is 7.35. The Balaban J connectivity index is 2.03. The summed E-state index contributed by atoms with van der Waals surface area (Å²) in [4.78, 5) is 12.2. The molecule has 1 aliphatic heterocycles. The second-order valence-electron chi connectivity index (χ2n) is 5.62. The van der Waals surface area contributed by atoms with Crippen LogP contribution in [0.15, 0.2) is 18.5 Å². The predicted molar refractivity (Wildman–Crippen MR) is 85.6 cm³/mol. The van der Waals surface area contributed by atoms with E-state index in [1.165, 1.54) is 12.2 Å². The van der Waals surface area contributed by atoms with Gasteiger partial charge < -0.3 is 14.7 Å². The fourth-order valence-corrected chi connectivity index (χ4v) is 4.33. The molecule has 3 aromatic rings. The third kappa shape index (κ3) is 2.05. The first-order chi connectivity index (χ1) is 10.3. The number of thioether (sulfide) groups is 1. The largest absolute Gasteiger partial charge is 0.385 e. The van der Waals surface area contributed by atoms with Gasteiger partial charge in [0.2, 0.25) is 0 Å². The molecule has 21 heavy (non-hydrogen) atoms. The Kier molecular flexibility index (Phi) is 3.15. The number of nitrogens with zero attached hydrogens (tertiary/aromatic N) is 3. The predicted octanol–water partition coefficient (Wildman–Crippen LogP) is 3.03. The molecule has 1 aliphatic rings. The highest BCUT2D eigenvalue weighted by Crippen LogP contribution is 2.35. The number of fused-ring (bicyclic) bond motifs is 3. The molecule has 3 aromatic heterocycles. The molecule has 2 N–H and O–H groups in total. The summed E-state index contributed by atoms with van der Waals surface area (Å²) in [5.74, 6) is 3.07. The zero-order chi connectivity index (χ0) is 14.4. The Hall–Kier alpha value is -1.53. The van der Waals surface area contributed by atoms with Crippen LogP contribution in [0.2, 0.25) is 0 Å². The number of H-pyrrole nitrogens is 1. The molecule has 0 spiro atoms. The van der Waals surface area contributed by atoms with Gasteiger partial charge in [-0.05, 0) is 31.6 Å². The van der Waals surface area contributed by atoms with Crippen molar-refractivity contribution >= 4 is 33.8 Å². The van der Waals surface area contributed by atoms with E-state index in [2.05, 4.69) is 19.5 Å². The molecule has 0 radical (unpaired) electrons. The zero-order valence-corrected chi connectivity index (χ0v) is 12.7.